The van der Waals surface area contributed by atoms with Crippen LogP contribution in [0.1, 0.15) is 44.4 Å². The quantitative estimate of drug-likeness (QED) is 0.785. The number of fused-ring (bicyclic) bond motifs is 1. The first-order valence-corrected chi connectivity index (χ1v) is 6.82. The van der Waals surface area contributed by atoms with E-state index in [1.165, 1.54) is 0 Å². The maximum absolute atomic E-state index is 11.6. The second-order valence-electron chi connectivity index (χ2n) is 3.54. The van der Waals surface area contributed by atoms with Gasteiger partial charge in [-0.05, 0) is 47.3 Å². The van der Waals surface area contributed by atoms with Gasteiger partial charge in [-0.25, -0.2) is 0 Å². The SMILES string of the molecule is CC.CCOC(=O)C1CCc2cc(Br)cnc21. The molecule has 0 aliphatic heterocycles. The van der Waals surface area contributed by atoms with Crippen LogP contribution in [0.15, 0.2) is 16.7 Å². The van der Waals surface area contributed by atoms with Gasteiger partial charge in [-0.1, -0.05) is 13.8 Å². The second kappa shape index (κ2) is 6.74. The van der Waals surface area contributed by atoms with Crippen molar-refractivity contribution in [3.63, 3.8) is 0 Å². The van der Waals surface area contributed by atoms with E-state index in [1.54, 1.807) is 6.20 Å². The molecule has 1 aromatic heterocycles. The van der Waals surface area contributed by atoms with Crippen LogP contribution in [0, 0.1) is 0 Å². The fraction of sp³-hybridized carbons (Fsp3) is 0.538. The first-order valence-electron chi connectivity index (χ1n) is 6.03. The fourth-order valence-corrected chi connectivity index (χ4v) is 2.29. The van der Waals surface area contributed by atoms with Gasteiger partial charge in [0.05, 0.1) is 18.2 Å². The van der Waals surface area contributed by atoms with Crippen molar-refractivity contribution in [2.75, 3.05) is 6.61 Å². The Kier molecular flexibility index (Phi) is 5.62. The van der Waals surface area contributed by atoms with E-state index in [1.807, 2.05) is 26.8 Å². The standard InChI is InChI=1S/C11H12BrNO2.C2H6/c1-2-15-11(14)9-4-3-7-5-8(12)6-13-10(7)9;1-2/h5-6,9H,2-4H2,1H3;1-2H3. The van der Waals surface area contributed by atoms with Gasteiger partial charge in [0.2, 0.25) is 0 Å². The van der Waals surface area contributed by atoms with Gasteiger partial charge in [0.15, 0.2) is 0 Å². The molecule has 94 valence electrons. The molecule has 1 aliphatic rings. The van der Waals surface area contributed by atoms with Gasteiger partial charge in [-0.3, -0.25) is 9.78 Å². The molecule has 2 rings (SSSR count). The number of rotatable bonds is 2. The first-order chi connectivity index (χ1) is 8.22. The van der Waals surface area contributed by atoms with Gasteiger partial charge < -0.3 is 4.74 Å². The Morgan fingerprint density at radius 2 is 2.29 bits per heavy atom. The van der Waals surface area contributed by atoms with Crippen LogP contribution in [0.25, 0.3) is 0 Å². The van der Waals surface area contributed by atoms with E-state index in [9.17, 15) is 4.79 Å². The van der Waals surface area contributed by atoms with Gasteiger partial charge in [0.25, 0.3) is 0 Å². The number of aryl methyl sites for hydroxylation is 1. The zero-order valence-electron chi connectivity index (χ0n) is 10.5. The van der Waals surface area contributed by atoms with Gasteiger partial charge >= 0.3 is 5.97 Å². The lowest BCUT2D eigenvalue weighted by molar-refractivity contribution is -0.145. The van der Waals surface area contributed by atoms with E-state index in [4.69, 9.17) is 4.74 Å². The molecule has 0 saturated heterocycles. The molecule has 0 aromatic carbocycles. The van der Waals surface area contributed by atoms with Gasteiger partial charge in [0, 0.05) is 10.7 Å². The Morgan fingerprint density at radius 3 is 2.94 bits per heavy atom. The number of hydrogen-bond donors (Lipinski definition) is 0. The largest absolute Gasteiger partial charge is 0.465 e. The lowest BCUT2D eigenvalue weighted by Crippen LogP contribution is -2.14. The number of nitrogens with zero attached hydrogens (tertiary/aromatic N) is 1. The van der Waals surface area contributed by atoms with Crippen molar-refractivity contribution in [2.24, 2.45) is 0 Å². The maximum atomic E-state index is 11.6. The van der Waals surface area contributed by atoms with Crippen molar-refractivity contribution >= 4 is 21.9 Å². The maximum Gasteiger partial charge on any atom is 0.315 e. The van der Waals surface area contributed by atoms with E-state index < -0.39 is 0 Å². The highest BCUT2D eigenvalue weighted by atomic mass is 79.9. The Bertz CT molecular complexity index is 393. The van der Waals surface area contributed by atoms with Crippen LogP contribution in [-0.4, -0.2) is 17.6 Å². The molecule has 1 unspecified atom stereocenters. The third kappa shape index (κ3) is 3.28. The van der Waals surface area contributed by atoms with E-state index in [0.29, 0.717) is 6.61 Å². The van der Waals surface area contributed by atoms with Crippen molar-refractivity contribution < 1.29 is 9.53 Å². The molecule has 0 saturated carbocycles. The summed E-state index contributed by atoms with van der Waals surface area (Å²) in [4.78, 5) is 15.9. The van der Waals surface area contributed by atoms with Crippen LogP contribution in [0.3, 0.4) is 0 Å². The highest BCUT2D eigenvalue weighted by molar-refractivity contribution is 9.10. The number of carbonyl (C=O) groups is 1. The van der Waals surface area contributed by atoms with Crippen molar-refractivity contribution in [3.8, 4) is 0 Å². The molecule has 0 amide bonds. The Hall–Kier alpha value is -0.900. The van der Waals surface area contributed by atoms with Crippen molar-refractivity contribution in [2.45, 2.75) is 39.5 Å². The molecule has 0 spiro atoms. The number of hydrogen-bond acceptors (Lipinski definition) is 3. The number of esters is 1. The molecule has 3 nitrogen and oxygen atoms in total. The predicted octanol–water partition coefficient (Wildman–Crippen LogP) is 3.46. The van der Waals surface area contributed by atoms with Crippen LogP contribution in [-0.2, 0) is 16.0 Å². The molecule has 0 N–H and O–H groups in total. The van der Waals surface area contributed by atoms with Crippen LogP contribution in [0.4, 0.5) is 0 Å². The van der Waals surface area contributed by atoms with Crippen molar-refractivity contribution in [3.05, 3.63) is 28.0 Å². The minimum Gasteiger partial charge on any atom is -0.465 e. The van der Waals surface area contributed by atoms with Gasteiger partial charge in [-0.2, -0.15) is 0 Å². The summed E-state index contributed by atoms with van der Waals surface area (Å²) in [6.07, 6.45) is 3.46. The number of aromatic nitrogens is 1. The lowest BCUT2D eigenvalue weighted by atomic mass is 10.1. The zero-order valence-corrected chi connectivity index (χ0v) is 12.1. The topological polar surface area (TPSA) is 39.2 Å². The summed E-state index contributed by atoms with van der Waals surface area (Å²) in [5.74, 6) is -0.306. The minimum atomic E-state index is -0.159. The molecule has 0 bridgehead atoms. The average Bonchev–Trinajstić information content (AvgIpc) is 2.74. The zero-order chi connectivity index (χ0) is 12.8. The number of ether oxygens (including phenoxy) is 1. The smallest absolute Gasteiger partial charge is 0.315 e. The number of pyridine rings is 1. The van der Waals surface area contributed by atoms with Crippen LogP contribution < -0.4 is 0 Å². The van der Waals surface area contributed by atoms with Crippen LogP contribution in [0.2, 0.25) is 0 Å². The average molecular weight is 300 g/mol. The molecule has 0 fully saturated rings. The normalized spacial score (nSPS) is 16.8. The summed E-state index contributed by atoms with van der Waals surface area (Å²) in [6, 6.07) is 2.03. The first kappa shape index (κ1) is 14.2. The van der Waals surface area contributed by atoms with Gasteiger partial charge in [0.1, 0.15) is 0 Å². The predicted molar refractivity (Wildman–Crippen MR) is 71.0 cm³/mol. The molecule has 1 atom stereocenters. The lowest BCUT2D eigenvalue weighted by Gasteiger charge is -2.09. The number of carbonyl (C=O) groups excluding carboxylic acids is 1. The fourth-order valence-electron chi connectivity index (χ4n) is 1.91. The van der Waals surface area contributed by atoms with Crippen LogP contribution >= 0.6 is 15.9 Å². The molecule has 0 radical (unpaired) electrons. The van der Waals surface area contributed by atoms with E-state index >= 15 is 0 Å². The van der Waals surface area contributed by atoms with E-state index in [-0.39, 0.29) is 11.9 Å². The monoisotopic (exact) mass is 299 g/mol. The third-order valence-corrected chi connectivity index (χ3v) is 3.01. The van der Waals surface area contributed by atoms with E-state index in [2.05, 4.69) is 20.9 Å². The highest BCUT2D eigenvalue weighted by Crippen LogP contribution is 2.33. The second-order valence-corrected chi connectivity index (χ2v) is 4.46. The van der Waals surface area contributed by atoms with Crippen LogP contribution in [0.5, 0.6) is 0 Å². The summed E-state index contributed by atoms with van der Waals surface area (Å²) < 4.78 is 5.99. The molecule has 17 heavy (non-hydrogen) atoms. The summed E-state index contributed by atoms with van der Waals surface area (Å²) in [5, 5.41) is 0. The summed E-state index contributed by atoms with van der Waals surface area (Å²) in [6.45, 7) is 6.25. The summed E-state index contributed by atoms with van der Waals surface area (Å²) in [7, 11) is 0. The van der Waals surface area contributed by atoms with Crippen molar-refractivity contribution in [1.29, 1.82) is 0 Å². The molecular formula is C13H18BrNO2. The van der Waals surface area contributed by atoms with Crippen molar-refractivity contribution in [1.82, 2.24) is 4.98 Å². The Balaban J connectivity index is 0.000000686. The molecule has 1 aromatic rings. The summed E-state index contributed by atoms with van der Waals surface area (Å²) >= 11 is 3.37. The highest BCUT2D eigenvalue weighted by Gasteiger charge is 2.31. The molecule has 1 heterocycles. The number of halogens is 1. The molecule has 4 heteroatoms. The summed E-state index contributed by atoms with van der Waals surface area (Å²) in [5.41, 5.74) is 2.04. The minimum absolute atomic E-state index is 0.147. The Labute approximate surface area is 111 Å². The van der Waals surface area contributed by atoms with Gasteiger partial charge in [-0.15, -0.1) is 0 Å². The van der Waals surface area contributed by atoms with E-state index in [0.717, 1.165) is 28.6 Å². The molecular weight excluding hydrogens is 282 g/mol. The molecule has 1 aliphatic carbocycles. The Morgan fingerprint density at radius 1 is 1.59 bits per heavy atom. The third-order valence-electron chi connectivity index (χ3n) is 2.57.